The monoisotopic (exact) mass is 280 g/mol. The highest BCUT2D eigenvalue weighted by Gasteiger charge is 2.18. The van der Waals surface area contributed by atoms with Crippen LogP contribution in [0.15, 0.2) is 42.5 Å². The first kappa shape index (κ1) is 14.2. The summed E-state index contributed by atoms with van der Waals surface area (Å²) in [7, 11) is 0. The van der Waals surface area contributed by atoms with Crippen molar-refractivity contribution in [3.05, 3.63) is 64.7 Å². The van der Waals surface area contributed by atoms with Crippen molar-refractivity contribution in [3.63, 3.8) is 0 Å². The average molecular weight is 280 g/mol. The lowest BCUT2D eigenvalue weighted by molar-refractivity contribution is 0.552. The molecule has 2 aromatic carbocycles. The molecule has 1 N–H and O–H groups in total. The van der Waals surface area contributed by atoms with E-state index in [4.69, 9.17) is 0 Å². The fourth-order valence-electron chi connectivity index (χ4n) is 3.28. The fourth-order valence-corrected chi connectivity index (χ4v) is 3.28. The second kappa shape index (κ2) is 5.90. The molecule has 0 amide bonds. The van der Waals surface area contributed by atoms with Gasteiger partial charge in [-0.25, -0.2) is 0 Å². The number of fused-ring (bicyclic) bond motifs is 1. The predicted molar refractivity (Wildman–Crippen MR) is 89.7 cm³/mol. The molecule has 0 bridgehead atoms. The van der Waals surface area contributed by atoms with E-state index in [9.17, 15) is 0 Å². The minimum Gasteiger partial charge on any atom is -0.365 e. The van der Waals surface area contributed by atoms with Gasteiger partial charge < -0.3 is 10.2 Å². The van der Waals surface area contributed by atoms with Crippen LogP contribution in [0.5, 0.6) is 0 Å². The minimum atomic E-state index is 0.503. The Labute approximate surface area is 127 Å². The summed E-state index contributed by atoms with van der Waals surface area (Å²) in [5.74, 6) is 0. The first-order valence-corrected chi connectivity index (χ1v) is 7.75. The lowest BCUT2D eigenvalue weighted by Crippen LogP contribution is -2.35. The topological polar surface area (TPSA) is 15.3 Å². The van der Waals surface area contributed by atoms with E-state index in [2.05, 4.69) is 73.5 Å². The van der Waals surface area contributed by atoms with Gasteiger partial charge >= 0.3 is 0 Å². The Morgan fingerprint density at radius 1 is 1.10 bits per heavy atom. The number of hydrogen-bond donors (Lipinski definition) is 1. The molecule has 2 aromatic rings. The largest absolute Gasteiger partial charge is 0.365 e. The van der Waals surface area contributed by atoms with Gasteiger partial charge in [-0.05, 0) is 38.0 Å². The zero-order chi connectivity index (χ0) is 14.8. The maximum Gasteiger partial charge on any atom is 0.0430 e. The zero-order valence-electron chi connectivity index (χ0n) is 13.2. The smallest absolute Gasteiger partial charge is 0.0430 e. The van der Waals surface area contributed by atoms with E-state index in [0.29, 0.717) is 6.04 Å². The third-order valence-electron chi connectivity index (χ3n) is 4.12. The molecular weight excluding hydrogens is 256 g/mol. The summed E-state index contributed by atoms with van der Waals surface area (Å²) < 4.78 is 0. The maximum atomic E-state index is 3.60. The highest BCUT2D eigenvalue weighted by molar-refractivity contribution is 5.55. The second-order valence-electron chi connectivity index (χ2n) is 6.29. The minimum absolute atomic E-state index is 0.503. The molecule has 2 nitrogen and oxygen atoms in total. The third kappa shape index (κ3) is 3.27. The van der Waals surface area contributed by atoms with E-state index in [0.717, 1.165) is 19.6 Å². The van der Waals surface area contributed by atoms with E-state index in [-0.39, 0.29) is 0 Å². The Morgan fingerprint density at radius 2 is 1.81 bits per heavy atom. The van der Waals surface area contributed by atoms with Crippen LogP contribution >= 0.6 is 0 Å². The van der Waals surface area contributed by atoms with Crippen LogP contribution in [0, 0.1) is 13.8 Å². The summed E-state index contributed by atoms with van der Waals surface area (Å²) in [6.45, 7) is 9.60. The summed E-state index contributed by atoms with van der Waals surface area (Å²) >= 11 is 0. The number of hydrogen-bond acceptors (Lipinski definition) is 2. The highest BCUT2D eigenvalue weighted by Crippen LogP contribution is 2.25. The van der Waals surface area contributed by atoms with Crippen molar-refractivity contribution in [3.8, 4) is 0 Å². The molecule has 1 aliphatic rings. The van der Waals surface area contributed by atoms with E-state index in [1.165, 1.54) is 27.9 Å². The van der Waals surface area contributed by atoms with Gasteiger partial charge in [-0.3, -0.25) is 0 Å². The van der Waals surface area contributed by atoms with Gasteiger partial charge in [0.25, 0.3) is 0 Å². The number of nitrogens with zero attached hydrogens (tertiary/aromatic N) is 1. The van der Waals surface area contributed by atoms with Crippen LogP contribution in [0.2, 0.25) is 0 Å². The van der Waals surface area contributed by atoms with Crippen molar-refractivity contribution < 1.29 is 0 Å². The Bertz CT molecular complexity index is 613. The van der Waals surface area contributed by atoms with Crippen molar-refractivity contribution in [1.29, 1.82) is 0 Å². The molecule has 21 heavy (non-hydrogen) atoms. The number of aryl methyl sites for hydroxylation is 2. The zero-order valence-corrected chi connectivity index (χ0v) is 13.2. The highest BCUT2D eigenvalue weighted by atomic mass is 15.2. The van der Waals surface area contributed by atoms with Gasteiger partial charge in [0.15, 0.2) is 0 Å². The van der Waals surface area contributed by atoms with Gasteiger partial charge in [0.2, 0.25) is 0 Å². The molecule has 0 radical (unpaired) electrons. The molecule has 0 spiro atoms. The van der Waals surface area contributed by atoms with Crippen LogP contribution in [0.4, 0.5) is 5.69 Å². The summed E-state index contributed by atoms with van der Waals surface area (Å²) in [5, 5.41) is 3.60. The van der Waals surface area contributed by atoms with Crippen LogP contribution in [0.3, 0.4) is 0 Å². The van der Waals surface area contributed by atoms with Gasteiger partial charge in [-0.15, -0.1) is 0 Å². The molecular formula is C19H24N2. The number of para-hydroxylation sites is 1. The summed E-state index contributed by atoms with van der Waals surface area (Å²) in [6.07, 6.45) is 0. The molecule has 1 unspecified atom stereocenters. The Kier molecular flexibility index (Phi) is 3.98. The van der Waals surface area contributed by atoms with Gasteiger partial charge in [-0.1, -0.05) is 47.5 Å². The molecule has 110 valence electrons. The lowest BCUT2D eigenvalue weighted by Gasteiger charge is -2.27. The standard InChI is InChI=1S/C19H24N2/c1-14-8-15(2)10-17(9-14)13-21-12-16(3)20-11-18-6-4-5-7-19(18)21/h4-10,16,20H,11-13H2,1-3H3. The maximum absolute atomic E-state index is 3.60. The van der Waals surface area contributed by atoms with Crippen LogP contribution in [0.25, 0.3) is 0 Å². The molecule has 3 rings (SSSR count). The molecule has 1 atom stereocenters. The van der Waals surface area contributed by atoms with Crippen molar-refractivity contribution >= 4 is 5.69 Å². The first-order chi connectivity index (χ1) is 10.1. The normalized spacial score (nSPS) is 18.2. The molecule has 2 heteroatoms. The summed E-state index contributed by atoms with van der Waals surface area (Å²) in [5.41, 5.74) is 6.86. The van der Waals surface area contributed by atoms with E-state index in [1.54, 1.807) is 0 Å². The number of anilines is 1. The molecule has 0 fully saturated rings. The quantitative estimate of drug-likeness (QED) is 0.900. The van der Waals surface area contributed by atoms with Crippen molar-refractivity contribution in [1.82, 2.24) is 5.32 Å². The number of nitrogens with one attached hydrogen (secondary N) is 1. The summed E-state index contributed by atoms with van der Waals surface area (Å²) in [4.78, 5) is 2.51. The molecule has 0 aromatic heterocycles. The summed E-state index contributed by atoms with van der Waals surface area (Å²) in [6, 6.07) is 16.1. The number of rotatable bonds is 2. The molecule has 0 saturated heterocycles. The fraction of sp³-hybridized carbons (Fsp3) is 0.368. The van der Waals surface area contributed by atoms with Crippen molar-refractivity contribution in [2.45, 2.75) is 39.9 Å². The van der Waals surface area contributed by atoms with Crippen LogP contribution in [-0.4, -0.2) is 12.6 Å². The van der Waals surface area contributed by atoms with Crippen LogP contribution in [0.1, 0.15) is 29.2 Å². The van der Waals surface area contributed by atoms with E-state index in [1.807, 2.05) is 0 Å². The van der Waals surface area contributed by atoms with Gasteiger partial charge in [-0.2, -0.15) is 0 Å². The average Bonchev–Trinajstić information content (AvgIpc) is 2.58. The van der Waals surface area contributed by atoms with Gasteiger partial charge in [0.1, 0.15) is 0 Å². The molecule has 1 aliphatic heterocycles. The van der Waals surface area contributed by atoms with Crippen molar-refractivity contribution in [2.75, 3.05) is 11.4 Å². The lowest BCUT2D eigenvalue weighted by atomic mass is 10.1. The van der Waals surface area contributed by atoms with Gasteiger partial charge in [0, 0.05) is 31.4 Å². The van der Waals surface area contributed by atoms with E-state index >= 15 is 0 Å². The van der Waals surface area contributed by atoms with Crippen LogP contribution < -0.4 is 10.2 Å². The first-order valence-electron chi connectivity index (χ1n) is 7.75. The molecule has 0 aliphatic carbocycles. The predicted octanol–water partition coefficient (Wildman–Crippen LogP) is 3.80. The Hall–Kier alpha value is -1.80. The Morgan fingerprint density at radius 3 is 2.57 bits per heavy atom. The number of benzene rings is 2. The van der Waals surface area contributed by atoms with Crippen molar-refractivity contribution in [2.24, 2.45) is 0 Å². The van der Waals surface area contributed by atoms with E-state index < -0.39 is 0 Å². The third-order valence-corrected chi connectivity index (χ3v) is 4.12. The molecule has 1 heterocycles. The SMILES string of the molecule is Cc1cc(C)cc(CN2CC(C)NCc3ccccc32)c1. The second-order valence-corrected chi connectivity index (χ2v) is 6.29. The Balaban J connectivity index is 1.92. The molecule has 0 saturated carbocycles. The van der Waals surface area contributed by atoms with Crippen LogP contribution in [-0.2, 0) is 13.1 Å². The van der Waals surface area contributed by atoms with Gasteiger partial charge in [0.05, 0.1) is 0 Å².